The SMILES string of the molecule is CCOC(CNc1nccc(C(F)(F)F)n1)c1ccccc1. The van der Waals surface area contributed by atoms with Gasteiger partial charge in [-0.05, 0) is 18.6 Å². The van der Waals surface area contributed by atoms with E-state index in [1.807, 2.05) is 37.3 Å². The summed E-state index contributed by atoms with van der Waals surface area (Å²) in [5.41, 5.74) is -0.0403. The van der Waals surface area contributed by atoms with Crippen molar-refractivity contribution in [1.29, 1.82) is 0 Å². The van der Waals surface area contributed by atoms with Crippen LogP contribution in [0.25, 0.3) is 0 Å². The summed E-state index contributed by atoms with van der Waals surface area (Å²) in [6.07, 6.45) is -3.70. The van der Waals surface area contributed by atoms with Crippen molar-refractivity contribution in [3.63, 3.8) is 0 Å². The van der Waals surface area contributed by atoms with Gasteiger partial charge in [-0.1, -0.05) is 30.3 Å². The van der Waals surface area contributed by atoms with Gasteiger partial charge in [0.15, 0.2) is 0 Å². The molecular formula is C15H16F3N3O. The molecule has 1 heterocycles. The molecule has 0 spiro atoms. The smallest absolute Gasteiger partial charge is 0.372 e. The van der Waals surface area contributed by atoms with E-state index < -0.39 is 11.9 Å². The minimum Gasteiger partial charge on any atom is -0.372 e. The lowest BCUT2D eigenvalue weighted by atomic mass is 10.1. The number of aromatic nitrogens is 2. The summed E-state index contributed by atoms with van der Waals surface area (Å²) in [7, 11) is 0. The van der Waals surface area contributed by atoms with Crippen LogP contribution in [0.2, 0.25) is 0 Å². The molecule has 118 valence electrons. The zero-order valence-corrected chi connectivity index (χ0v) is 12.0. The molecule has 1 aromatic heterocycles. The number of rotatable bonds is 6. The molecular weight excluding hydrogens is 295 g/mol. The van der Waals surface area contributed by atoms with E-state index in [4.69, 9.17) is 4.74 Å². The van der Waals surface area contributed by atoms with Crippen molar-refractivity contribution in [1.82, 2.24) is 9.97 Å². The van der Waals surface area contributed by atoms with Crippen LogP contribution in [-0.4, -0.2) is 23.1 Å². The molecule has 0 saturated heterocycles. The van der Waals surface area contributed by atoms with E-state index in [-0.39, 0.29) is 18.6 Å². The summed E-state index contributed by atoms with van der Waals surface area (Å²) in [5.74, 6) is -0.0736. The topological polar surface area (TPSA) is 47.0 Å². The van der Waals surface area contributed by atoms with Gasteiger partial charge in [-0.3, -0.25) is 0 Å². The predicted molar refractivity (Wildman–Crippen MR) is 76.3 cm³/mol. The molecule has 0 aliphatic carbocycles. The summed E-state index contributed by atoms with van der Waals surface area (Å²) in [6, 6.07) is 10.3. The van der Waals surface area contributed by atoms with Gasteiger partial charge in [0.2, 0.25) is 5.95 Å². The van der Waals surface area contributed by atoms with Crippen LogP contribution >= 0.6 is 0 Å². The monoisotopic (exact) mass is 311 g/mol. The number of ether oxygens (including phenoxy) is 1. The number of hydrogen-bond donors (Lipinski definition) is 1. The average molecular weight is 311 g/mol. The second kappa shape index (κ2) is 7.22. The van der Waals surface area contributed by atoms with Crippen LogP contribution < -0.4 is 5.32 Å². The number of alkyl halides is 3. The number of halogens is 3. The molecule has 1 aromatic carbocycles. The molecule has 2 rings (SSSR count). The molecule has 0 bridgehead atoms. The lowest BCUT2D eigenvalue weighted by molar-refractivity contribution is -0.141. The van der Waals surface area contributed by atoms with Crippen LogP contribution in [0.4, 0.5) is 19.1 Å². The highest BCUT2D eigenvalue weighted by atomic mass is 19.4. The summed E-state index contributed by atoms with van der Waals surface area (Å²) in [6.45, 7) is 2.63. The molecule has 0 aliphatic heterocycles. The molecule has 1 atom stereocenters. The Hall–Kier alpha value is -2.15. The minimum atomic E-state index is -4.49. The highest BCUT2D eigenvalue weighted by Gasteiger charge is 2.32. The number of nitrogens with zero attached hydrogens (tertiary/aromatic N) is 2. The van der Waals surface area contributed by atoms with E-state index in [9.17, 15) is 13.2 Å². The summed E-state index contributed by atoms with van der Waals surface area (Å²) >= 11 is 0. The quantitative estimate of drug-likeness (QED) is 0.884. The maximum absolute atomic E-state index is 12.6. The standard InChI is InChI=1S/C15H16F3N3O/c1-2-22-12(11-6-4-3-5-7-11)10-20-14-19-9-8-13(21-14)15(16,17)18/h3-9,12H,2,10H2,1H3,(H,19,20,21). The highest BCUT2D eigenvalue weighted by Crippen LogP contribution is 2.27. The van der Waals surface area contributed by atoms with Crippen molar-refractivity contribution in [2.45, 2.75) is 19.2 Å². The Labute approximate surface area is 126 Å². The van der Waals surface area contributed by atoms with Crippen molar-refractivity contribution >= 4 is 5.95 Å². The first kappa shape index (κ1) is 16.2. The van der Waals surface area contributed by atoms with E-state index in [1.54, 1.807) is 0 Å². The maximum atomic E-state index is 12.6. The van der Waals surface area contributed by atoms with E-state index in [1.165, 1.54) is 0 Å². The van der Waals surface area contributed by atoms with Gasteiger partial charge in [-0.25, -0.2) is 9.97 Å². The Morgan fingerprint density at radius 2 is 1.91 bits per heavy atom. The molecule has 0 radical (unpaired) electrons. The lowest BCUT2D eigenvalue weighted by Crippen LogP contribution is -2.18. The zero-order valence-electron chi connectivity index (χ0n) is 12.0. The fourth-order valence-corrected chi connectivity index (χ4v) is 1.93. The number of benzene rings is 1. The first-order valence-electron chi connectivity index (χ1n) is 6.81. The predicted octanol–water partition coefficient (Wildman–Crippen LogP) is 3.69. The number of nitrogens with one attached hydrogen (secondary N) is 1. The zero-order chi connectivity index (χ0) is 16.0. The van der Waals surface area contributed by atoms with Crippen LogP contribution in [0.1, 0.15) is 24.3 Å². The Morgan fingerprint density at radius 1 is 1.18 bits per heavy atom. The number of anilines is 1. The van der Waals surface area contributed by atoms with Gasteiger partial charge in [0.05, 0.1) is 6.10 Å². The Balaban J connectivity index is 2.07. The minimum absolute atomic E-state index is 0.0736. The second-order valence-electron chi connectivity index (χ2n) is 4.50. The van der Waals surface area contributed by atoms with Gasteiger partial charge >= 0.3 is 6.18 Å². The van der Waals surface area contributed by atoms with Gasteiger partial charge in [0.25, 0.3) is 0 Å². The molecule has 0 aliphatic rings. The van der Waals surface area contributed by atoms with Crippen molar-refractivity contribution in [3.8, 4) is 0 Å². The molecule has 0 amide bonds. The third-order valence-corrected chi connectivity index (χ3v) is 2.93. The fourth-order valence-electron chi connectivity index (χ4n) is 1.93. The van der Waals surface area contributed by atoms with Crippen LogP contribution in [0.15, 0.2) is 42.6 Å². The second-order valence-corrected chi connectivity index (χ2v) is 4.50. The Morgan fingerprint density at radius 3 is 2.55 bits per heavy atom. The van der Waals surface area contributed by atoms with E-state index in [0.29, 0.717) is 6.61 Å². The molecule has 22 heavy (non-hydrogen) atoms. The fraction of sp³-hybridized carbons (Fsp3) is 0.333. The molecule has 1 unspecified atom stereocenters. The lowest BCUT2D eigenvalue weighted by Gasteiger charge is -2.18. The Bertz CT molecular complexity index is 590. The van der Waals surface area contributed by atoms with Crippen LogP contribution in [0.3, 0.4) is 0 Å². The molecule has 7 heteroatoms. The van der Waals surface area contributed by atoms with Crippen LogP contribution in [0, 0.1) is 0 Å². The summed E-state index contributed by atoms with van der Waals surface area (Å²) in [4.78, 5) is 7.27. The first-order chi connectivity index (χ1) is 10.5. The van der Waals surface area contributed by atoms with Gasteiger partial charge in [0, 0.05) is 19.3 Å². The van der Waals surface area contributed by atoms with Crippen molar-refractivity contribution in [2.75, 3.05) is 18.5 Å². The van der Waals surface area contributed by atoms with Crippen molar-refractivity contribution in [3.05, 3.63) is 53.9 Å². The normalized spacial score (nSPS) is 12.9. The summed E-state index contributed by atoms with van der Waals surface area (Å²) in [5, 5.41) is 2.79. The molecule has 4 nitrogen and oxygen atoms in total. The van der Waals surface area contributed by atoms with E-state index >= 15 is 0 Å². The number of hydrogen-bond acceptors (Lipinski definition) is 4. The van der Waals surface area contributed by atoms with Crippen molar-refractivity contribution < 1.29 is 17.9 Å². The first-order valence-corrected chi connectivity index (χ1v) is 6.81. The third-order valence-electron chi connectivity index (χ3n) is 2.93. The van der Waals surface area contributed by atoms with E-state index in [0.717, 1.165) is 17.8 Å². The molecule has 0 saturated carbocycles. The van der Waals surface area contributed by atoms with E-state index in [2.05, 4.69) is 15.3 Å². The molecule has 0 fully saturated rings. The van der Waals surface area contributed by atoms with Gasteiger partial charge in [-0.2, -0.15) is 13.2 Å². The largest absolute Gasteiger partial charge is 0.433 e. The third kappa shape index (κ3) is 4.42. The van der Waals surface area contributed by atoms with Gasteiger partial charge in [-0.15, -0.1) is 0 Å². The van der Waals surface area contributed by atoms with Gasteiger partial charge < -0.3 is 10.1 Å². The van der Waals surface area contributed by atoms with Crippen LogP contribution in [-0.2, 0) is 10.9 Å². The summed E-state index contributed by atoms with van der Waals surface area (Å²) < 4.78 is 43.4. The molecule has 2 aromatic rings. The average Bonchev–Trinajstić information content (AvgIpc) is 2.52. The Kier molecular flexibility index (Phi) is 5.32. The molecule has 1 N–H and O–H groups in total. The maximum Gasteiger partial charge on any atom is 0.433 e. The van der Waals surface area contributed by atoms with Crippen LogP contribution in [0.5, 0.6) is 0 Å². The van der Waals surface area contributed by atoms with Crippen molar-refractivity contribution in [2.24, 2.45) is 0 Å². The van der Waals surface area contributed by atoms with Gasteiger partial charge in [0.1, 0.15) is 5.69 Å². The highest BCUT2D eigenvalue weighted by molar-refractivity contribution is 5.28.